The maximum Gasteiger partial charge on any atom is 1.00 e. The van der Waals surface area contributed by atoms with Crippen LogP contribution in [-0.2, 0) is 0 Å². The molecule has 0 aromatic heterocycles. The van der Waals surface area contributed by atoms with Crippen molar-refractivity contribution in [2.45, 2.75) is 0 Å². The average molecular weight is 108 g/mol. The molecule has 2 N–H and O–H groups in total. The Labute approximate surface area is 49.7 Å². The molecule has 0 aliphatic carbocycles. The Morgan fingerprint density at radius 3 is 1.00 bits per heavy atom. The van der Waals surface area contributed by atoms with Crippen molar-refractivity contribution < 1.29 is 49.1 Å². The summed E-state index contributed by atoms with van der Waals surface area (Å²) in [5.74, 6) is 0. The predicted molar refractivity (Wildman–Crippen MR) is 3.61 cm³/mol. The topological polar surface area (TPSA) is 101 Å². The smallest absolute Gasteiger partial charge is 0.412 e. The molecule has 0 unspecified atom stereocenters. The largest absolute Gasteiger partial charge is 1.00 e. The van der Waals surface area contributed by atoms with E-state index >= 15 is 0 Å². The molecule has 0 bridgehead atoms. The molecule has 0 aromatic rings. The zero-order valence-electron chi connectivity index (χ0n) is 3.10. The second kappa shape index (κ2) is 9.21. The van der Waals surface area contributed by atoms with Crippen molar-refractivity contribution in [2.75, 3.05) is 0 Å². The molecule has 0 fully saturated rings. The molecule has 4 nitrogen and oxygen atoms in total. The zero-order valence-corrected chi connectivity index (χ0v) is 3.86. The summed E-state index contributed by atoms with van der Waals surface area (Å²) in [7, 11) is -2.85. The van der Waals surface area contributed by atoms with Crippen molar-refractivity contribution in [3.8, 4) is 0 Å². The molecule has 0 heterocycles. The van der Waals surface area contributed by atoms with Crippen molar-refractivity contribution in [1.29, 1.82) is 0 Å². The van der Waals surface area contributed by atoms with Crippen molar-refractivity contribution in [3.05, 3.63) is 0 Å². The fraction of sp³-hybridized carbons (Fsp3) is 0. The molecule has 0 radical (unpaired) electrons. The molecule has 0 rings (SSSR count). The van der Waals surface area contributed by atoms with Gasteiger partial charge in [-0.3, -0.25) is 0 Å². The molecule has 0 aliphatic rings. The predicted octanol–water partition coefficient (Wildman–Crippen LogP) is -7.39. The Morgan fingerprint density at radius 2 is 1.00 bits per heavy atom. The first-order chi connectivity index (χ1) is 1.73. The van der Waals surface area contributed by atoms with Crippen LogP contribution in [0.2, 0.25) is 0 Å². The minimum Gasteiger partial charge on any atom is -0.412 e. The number of rotatable bonds is 0. The van der Waals surface area contributed by atoms with Crippen molar-refractivity contribution in [3.63, 3.8) is 0 Å². The van der Waals surface area contributed by atoms with E-state index in [-0.39, 0.29) is 24.3 Å². The molecule has 0 saturated heterocycles. The number of hydrogen-bond acceptors (Lipinski definition) is 3. The second-order valence-electron chi connectivity index (χ2n) is 0.189. The van der Waals surface area contributed by atoms with Gasteiger partial charge in [-0.25, -0.2) is 0 Å². The van der Waals surface area contributed by atoms with Gasteiger partial charge in [0.2, 0.25) is 0 Å². The molecule has 6 heteroatoms. The van der Waals surface area contributed by atoms with E-state index in [1.54, 1.807) is 0 Å². The Balaban J connectivity index is -0.0000000450. The van der Waals surface area contributed by atoms with Gasteiger partial charge in [0.05, 0.1) is 10.8 Å². The summed E-state index contributed by atoms with van der Waals surface area (Å²) in [5.41, 5.74) is 0. The molecule has 6 heavy (non-hydrogen) atoms. The van der Waals surface area contributed by atoms with Crippen LogP contribution in [0.5, 0.6) is 0 Å². The molecule has 34 valence electrons. The fourth-order valence-corrected chi connectivity index (χ4v) is 0. The molecule has 0 amide bonds. The minimum absolute atomic E-state index is 0. The van der Waals surface area contributed by atoms with E-state index in [0.717, 1.165) is 0 Å². The SMILES string of the molecule is O.[Li+].[O-][Cl+2]([O-])[O-]. The Kier molecular flexibility index (Phi) is 24.4. The maximum atomic E-state index is 8.41. The van der Waals surface area contributed by atoms with Gasteiger partial charge in [0.25, 0.3) is 0 Å². The van der Waals surface area contributed by atoms with Gasteiger partial charge in [-0.05, 0) is 0 Å². The van der Waals surface area contributed by atoms with Crippen molar-refractivity contribution in [1.82, 2.24) is 0 Å². The van der Waals surface area contributed by atoms with E-state index in [9.17, 15) is 0 Å². The van der Waals surface area contributed by atoms with Gasteiger partial charge in [-0.1, -0.05) is 0 Å². The number of hydrogen-bond donors (Lipinski definition) is 0. The van der Waals surface area contributed by atoms with Crippen LogP contribution in [-0.4, -0.2) is 5.48 Å². The second-order valence-corrected chi connectivity index (χ2v) is 0.567. The van der Waals surface area contributed by atoms with E-state index in [2.05, 4.69) is 0 Å². The van der Waals surface area contributed by atoms with Crippen LogP contribution < -0.4 is 32.8 Å². The van der Waals surface area contributed by atoms with Crippen LogP contribution in [0.4, 0.5) is 0 Å². The van der Waals surface area contributed by atoms with E-state index in [1.165, 1.54) is 0 Å². The summed E-state index contributed by atoms with van der Waals surface area (Å²) in [4.78, 5) is 0. The summed E-state index contributed by atoms with van der Waals surface area (Å²) in [6.45, 7) is 0. The van der Waals surface area contributed by atoms with Gasteiger partial charge in [0, 0.05) is 0 Å². The third kappa shape index (κ3) is 124. The van der Waals surface area contributed by atoms with E-state index in [1.807, 2.05) is 0 Å². The third-order valence-electron chi connectivity index (χ3n) is 0. The Hall–Kier alpha value is 0.727. The summed E-state index contributed by atoms with van der Waals surface area (Å²) >= 11 is 0. The summed E-state index contributed by atoms with van der Waals surface area (Å²) in [5, 5.41) is 0. The van der Waals surface area contributed by atoms with Crippen molar-refractivity contribution in [2.24, 2.45) is 0 Å². The van der Waals surface area contributed by atoms with Crippen molar-refractivity contribution >= 4 is 0 Å². The first kappa shape index (κ1) is 15.9. The molecular formula is H2ClLiO4. The average Bonchev–Trinajstić information content (AvgIpc) is 0.811. The zero-order chi connectivity index (χ0) is 3.58. The molecule has 0 atom stereocenters. The van der Waals surface area contributed by atoms with Gasteiger partial charge in [0.1, 0.15) is 0 Å². The van der Waals surface area contributed by atoms with Gasteiger partial charge >= 0.3 is 18.9 Å². The summed E-state index contributed by atoms with van der Waals surface area (Å²) in [6.07, 6.45) is 0. The molecule has 0 spiro atoms. The number of halogens is 1. The van der Waals surface area contributed by atoms with Crippen LogP contribution >= 0.6 is 0 Å². The van der Waals surface area contributed by atoms with Crippen LogP contribution in [0.15, 0.2) is 0 Å². The molecule has 0 aliphatic heterocycles. The van der Waals surface area contributed by atoms with Crippen LogP contribution in [0.25, 0.3) is 0 Å². The van der Waals surface area contributed by atoms with Crippen LogP contribution in [0.1, 0.15) is 0 Å². The first-order valence-corrected chi connectivity index (χ1v) is 1.39. The fourth-order valence-electron chi connectivity index (χ4n) is 0. The minimum atomic E-state index is -2.85. The van der Waals surface area contributed by atoms with Gasteiger partial charge in [-0.15, -0.1) is 0 Å². The standard InChI is InChI=1S/ClO3.Li.H2O/c2-1(3)4;;/h;;1H2/q-1;+1;. The van der Waals surface area contributed by atoms with Gasteiger partial charge < -0.3 is 19.5 Å². The van der Waals surface area contributed by atoms with E-state index in [0.29, 0.717) is 0 Å². The van der Waals surface area contributed by atoms with E-state index in [4.69, 9.17) is 14.0 Å². The van der Waals surface area contributed by atoms with E-state index < -0.39 is 10.8 Å². The van der Waals surface area contributed by atoms with Crippen LogP contribution in [0.3, 0.4) is 0 Å². The first-order valence-electron chi connectivity index (χ1n) is 0.463. The Bertz CT molecular complexity index is 12.3. The quantitative estimate of drug-likeness (QED) is 0.288. The molecular weight excluding hydrogens is 106 g/mol. The Morgan fingerprint density at radius 1 is 1.00 bits per heavy atom. The molecule has 0 aromatic carbocycles. The summed E-state index contributed by atoms with van der Waals surface area (Å²) < 4.78 is 25.2. The monoisotopic (exact) mass is 108 g/mol. The summed E-state index contributed by atoms with van der Waals surface area (Å²) in [6, 6.07) is 0. The molecule has 0 saturated carbocycles. The van der Waals surface area contributed by atoms with Gasteiger partial charge in [0.15, 0.2) is 0 Å². The van der Waals surface area contributed by atoms with Crippen LogP contribution in [0, 0.1) is 10.8 Å². The third-order valence-corrected chi connectivity index (χ3v) is 0. The maximum absolute atomic E-state index is 8.41. The normalized spacial score (nSPS) is 6.00. The van der Waals surface area contributed by atoms with Gasteiger partial charge in [-0.2, -0.15) is 0 Å².